The minimum absolute atomic E-state index is 0.0138. The normalized spacial score (nSPS) is 21.9. The molecule has 0 aliphatic carbocycles. The van der Waals surface area contributed by atoms with Gasteiger partial charge in [0.1, 0.15) is 12.3 Å². The molecule has 158 valence electrons. The van der Waals surface area contributed by atoms with E-state index in [1.807, 2.05) is 30.3 Å². The fraction of sp³-hybridized carbons (Fsp3) is 0.545. The minimum atomic E-state index is -0.135. The van der Waals surface area contributed by atoms with Gasteiger partial charge in [-0.25, -0.2) is 5.01 Å². The predicted octanol–water partition coefficient (Wildman–Crippen LogP) is 0.594. The summed E-state index contributed by atoms with van der Waals surface area (Å²) in [6.45, 7) is 6.56. The van der Waals surface area contributed by atoms with Crippen molar-refractivity contribution in [2.24, 2.45) is 5.92 Å². The number of hydrogen-bond acceptors (Lipinski definition) is 4. The van der Waals surface area contributed by atoms with E-state index in [9.17, 15) is 9.59 Å². The number of hydrazine groups is 1. The third kappa shape index (κ3) is 6.22. The molecule has 3 N–H and O–H groups in total. The zero-order chi connectivity index (χ0) is 20.6. The summed E-state index contributed by atoms with van der Waals surface area (Å²) in [5.41, 5.74) is 4.84. The highest BCUT2D eigenvalue weighted by Gasteiger charge is 2.22. The number of carbonyl (C=O) groups excluding carboxylic acids is 2. The van der Waals surface area contributed by atoms with Crippen LogP contribution in [0, 0.1) is 5.92 Å². The number of methoxy groups -OCH3 is 1. The van der Waals surface area contributed by atoms with Crippen LogP contribution in [0.3, 0.4) is 0 Å². The summed E-state index contributed by atoms with van der Waals surface area (Å²) in [4.78, 5) is 26.1. The average molecular weight is 402 g/mol. The molecule has 2 amide bonds. The van der Waals surface area contributed by atoms with Crippen LogP contribution in [0.5, 0.6) is 5.75 Å². The van der Waals surface area contributed by atoms with E-state index >= 15 is 0 Å². The van der Waals surface area contributed by atoms with Gasteiger partial charge < -0.3 is 15.0 Å². The van der Waals surface area contributed by atoms with Gasteiger partial charge in [-0.3, -0.25) is 15.0 Å². The molecule has 0 spiro atoms. The van der Waals surface area contributed by atoms with Crippen molar-refractivity contribution in [3.05, 3.63) is 35.9 Å². The number of likely N-dealkylation sites (tertiary alicyclic amines) is 1. The maximum absolute atomic E-state index is 12.3. The monoisotopic (exact) mass is 401 g/mol. The Morgan fingerprint density at radius 3 is 2.86 bits per heavy atom. The molecule has 1 aromatic rings. The quantitative estimate of drug-likeness (QED) is 0.558. The molecule has 1 aromatic carbocycles. The number of carbonyl (C=O) groups is 2. The summed E-state index contributed by atoms with van der Waals surface area (Å²) >= 11 is 0. The van der Waals surface area contributed by atoms with Crippen LogP contribution in [0.1, 0.15) is 38.2 Å². The van der Waals surface area contributed by atoms with E-state index in [0.29, 0.717) is 6.54 Å². The maximum atomic E-state index is 12.3. The predicted molar refractivity (Wildman–Crippen MR) is 112 cm³/mol. The number of rotatable bonds is 8. The van der Waals surface area contributed by atoms with E-state index in [1.165, 1.54) is 30.9 Å². The first-order valence-electron chi connectivity index (χ1n) is 10.6. The summed E-state index contributed by atoms with van der Waals surface area (Å²) in [5.74, 6) is 1.34. The van der Waals surface area contributed by atoms with Gasteiger partial charge in [0.25, 0.3) is 0 Å². The molecule has 2 aliphatic rings. The van der Waals surface area contributed by atoms with Crippen LogP contribution >= 0.6 is 0 Å². The molecule has 0 aromatic heterocycles. The van der Waals surface area contributed by atoms with Gasteiger partial charge in [-0.05, 0) is 48.7 Å². The lowest BCUT2D eigenvalue weighted by atomic mass is 10.0. The molecule has 1 fully saturated rings. The fourth-order valence-electron chi connectivity index (χ4n) is 4.02. The van der Waals surface area contributed by atoms with Crippen LogP contribution in [0.15, 0.2) is 30.3 Å². The Kier molecular flexibility index (Phi) is 7.52. The number of hydrogen-bond donors (Lipinski definition) is 3. The van der Waals surface area contributed by atoms with Crippen molar-refractivity contribution in [1.29, 1.82) is 0 Å². The fourth-order valence-corrected chi connectivity index (χ4v) is 4.02. The summed E-state index contributed by atoms with van der Waals surface area (Å²) in [6.07, 6.45) is 5.73. The Bertz CT molecular complexity index is 732. The SMILES string of the molecule is COc1ccc(C2=CCC(=O)N(CC(=O)NCCC[NH+]3CCCC(C)C3)N2)cc1. The van der Waals surface area contributed by atoms with Crippen molar-refractivity contribution < 1.29 is 19.2 Å². The lowest BCUT2D eigenvalue weighted by molar-refractivity contribution is -0.908. The van der Waals surface area contributed by atoms with E-state index in [0.717, 1.165) is 35.9 Å². The molecule has 29 heavy (non-hydrogen) atoms. The molecular formula is C22H33N4O3+. The lowest BCUT2D eigenvalue weighted by Crippen LogP contribution is -3.13. The molecule has 7 nitrogen and oxygen atoms in total. The number of benzene rings is 1. The smallest absolute Gasteiger partial charge is 0.245 e. The highest BCUT2D eigenvalue weighted by molar-refractivity contribution is 5.88. The zero-order valence-corrected chi connectivity index (χ0v) is 17.5. The van der Waals surface area contributed by atoms with Gasteiger partial charge in [-0.15, -0.1) is 0 Å². The second-order valence-electron chi connectivity index (χ2n) is 8.05. The molecule has 7 heteroatoms. The molecule has 0 bridgehead atoms. The first-order valence-corrected chi connectivity index (χ1v) is 10.6. The Hall–Kier alpha value is -2.54. The number of ether oxygens (including phenoxy) is 1. The molecule has 2 aliphatic heterocycles. The number of nitrogens with one attached hydrogen (secondary N) is 3. The second-order valence-corrected chi connectivity index (χ2v) is 8.05. The van der Waals surface area contributed by atoms with Gasteiger partial charge in [-0.1, -0.05) is 6.92 Å². The Morgan fingerprint density at radius 2 is 2.14 bits per heavy atom. The van der Waals surface area contributed by atoms with Gasteiger partial charge in [0, 0.05) is 25.3 Å². The first-order chi connectivity index (χ1) is 14.0. The van der Waals surface area contributed by atoms with Crippen molar-refractivity contribution in [1.82, 2.24) is 15.8 Å². The van der Waals surface area contributed by atoms with E-state index in [-0.39, 0.29) is 24.8 Å². The molecule has 0 radical (unpaired) electrons. The molecule has 2 unspecified atom stereocenters. The Morgan fingerprint density at radius 1 is 1.34 bits per heavy atom. The van der Waals surface area contributed by atoms with Crippen LogP contribution in [0.25, 0.3) is 5.70 Å². The molecule has 2 heterocycles. The molecular weight excluding hydrogens is 368 g/mol. The van der Waals surface area contributed by atoms with Crippen LogP contribution < -0.4 is 20.4 Å². The molecule has 2 atom stereocenters. The van der Waals surface area contributed by atoms with E-state index in [4.69, 9.17) is 4.74 Å². The van der Waals surface area contributed by atoms with Crippen LogP contribution in [0.4, 0.5) is 0 Å². The van der Waals surface area contributed by atoms with Crippen molar-refractivity contribution >= 4 is 17.5 Å². The van der Waals surface area contributed by atoms with Gasteiger partial charge in [0.05, 0.1) is 32.4 Å². The maximum Gasteiger partial charge on any atom is 0.245 e. The Labute approximate surface area is 173 Å². The Balaban J connectivity index is 1.42. The van der Waals surface area contributed by atoms with Gasteiger partial charge in [0.15, 0.2) is 0 Å². The van der Waals surface area contributed by atoms with Crippen molar-refractivity contribution in [2.75, 3.05) is 39.8 Å². The number of piperidine rings is 1. The van der Waals surface area contributed by atoms with E-state index < -0.39 is 0 Å². The summed E-state index contributed by atoms with van der Waals surface area (Å²) in [5, 5.41) is 4.34. The topological polar surface area (TPSA) is 75.1 Å². The van der Waals surface area contributed by atoms with Crippen LogP contribution in [0.2, 0.25) is 0 Å². The molecule has 0 saturated carbocycles. The number of nitrogens with zero attached hydrogens (tertiary/aromatic N) is 1. The molecule has 1 saturated heterocycles. The van der Waals surface area contributed by atoms with Crippen LogP contribution in [-0.4, -0.2) is 56.7 Å². The van der Waals surface area contributed by atoms with Gasteiger partial charge in [-0.2, -0.15) is 0 Å². The lowest BCUT2D eigenvalue weighted by Gasteiger charge is -2.29. The number of quaternary nitrogens is 1. The number of amides is 2. The summed E-state index contributed by atoms with van der Waals surface area (Å²) < 4.78 is 5.18. The van der Waals surface area contributed by atoms with Crippen molar-refractivity contribution in [2.45, 2.75) is 32.6 Å². The van der Waals surface area contributed by atoms with E-state index in [1.54, 1.807) is 12.0 Å². The third-order valence-corrected chi connectivity index (χ3v) is 5.63. The average Bonchev–Trinajstić information content (AvgIpc) is 2.73. The molecule has 3 rings (SSSR count). The minimum Gasteiger partial charge on any atom is -0.497 e. The van der Waals surface area contributed by atoms with Crippen LogP contribution in [-0.2, 0) is 9.59 Å². The first kappa shape index (κ1) is 21.2. The van der Waals surface area contributed by atoms with Gasteiger partial charge >= 0.3 is 0 Å². The van der Waals surface area contributed by atoms with Crippen molar-refractivity contribution in [3.8, 4) is 5.75 Å². The highest BCUT2D eigenvalue weighted by atomic mass is 16.5. The largest absolute Gasteiger partial charge is 0.497 e. The second kappa shape index (κ2) is 10.3. The highest BCUT2D eigenvalue weighted by Crippen LogP contribution is 2.20. The van der Waals surface area contributed by atoms with Crippen molar-refractivity contribution in [3.63, 3.8) is 0 Å². The standard InChI is InChI=1S/C22H32N4O3/c1-17-5-3-13-25(15-17)14-4-12-23-21(27)16-26-22(28)11-10-20(24-26)18-6-8-19(29-2)9-7-18/h6-10,17,24H,3-5,11-16H2,1-2H3,(H,23,27)/p+1. The van der Waals surface area contributed by atoms with E-state index in [2.05, 4.69) is 17.7 Å². The third-order valence-electron chi connectivity index (χ3n) is 5.63. The summed E-state index contributed by atoms with van der Waals surface area (Å²) in [7, 11) is 1.63. The summed E-state index contributed by atoms with van der Waals surface area (Å²) in [6, 6.07) is 7.60. The zero-order valence-electron chi connectivity index (χ0n) is 17.5. The van der Waals surface area contributed by atoms with Gasteiger partial charge in [0.2, 0.25) is 11.8 Å².